The second-order valence-corrected chi connectivity index (χ2v) is 2.33. The highest BCUT2D eigenvalue weighted by Crippen LogP contribution is 2.15. The van der Waals surface area contributed by atoms with Crippen LogP contribution in [0.2, 0.25) is 0 Å². The summed E-state index contributed by atoms with van der Waals surface area (Å²) in [6.07, 6.45) is 1.50. The van der Waals surface area contributed by atoms with Crippen LogP contribution in [-0.2, 0) is 0 Å². The van der Waals surface area contributed by atoms with E-state index in [4.69, 9.17) is 5.84 Å². The number of hydrogen-bond acceptors (Lipinski definition) is 3. The first-order chi connectivity index (χ1) is 5.84. The number of para-hydroxylation sites is 1. The molecule has 0 atom stereocenters. The van der Waals surface area contributed by atoms with Crippen molar-refractivity contribution >= 4 is 12.0 Å². The van der Waals surface area contributed by atoms with Crippen LogP contribution in [0.4, 0.5) is 5.69 Å². The Morgan fingerprint density at radius 2 is 2.17 bits per heavy atom. The average molecular weight is 164 g/mol. The van der Waals surface area contributed by atoms with Crippen molar-refractivity contribution in [3.63, 3.8) is 0 Å². The number of rotatable bonds is 3. The highest BCUT2D eigenvalue weighted by molar-refractivity contribution is 5.61. The first kappa shape index (κ1) is 8.70. The number of aryl methyl sites for hydroxylation is 1. The van der Waals surface area contributed by atoms with Crippen LogP contribution in [0, 0.1) is 6.92 Å². The maximum absolute atomic E-state index is 4.98. The molecule has 0 heterocycles. The van der Waals surface area contributed by atoms with Gasteiger partial charge in [0, 0.05) is 0 Å². The van der Waals surface area contributed by atoms with Crippen LogP contribution in [0.25, 0.3) is 0 Å². The number of nitrogens with two attached hydrogens (primary N) is 1. The number of hydrogen-bond donors (Lipinski definition) is 3. The van der Waals surface area contributed by atoms with E-state index in [1.54, 1.807) is 0 Å². The molecule has 1 rings (SSSR count). The van der Waals surface area contributed by atoms with Gasteiger partial charge in [0.1, 0.15) is 6.34 Å². The van der Waals surface area contributed by atoms with E-state index < -0.39 is 0 Å². The SMILES string of the molecule is Cc1ccccc1N=CNNN. The summed E-state index contributed by atoms with van der Waals surface area (Å²) in [5.41, 5.74) is 6.88. The van der Waals surface area contributed by atoms with Gasteiger partial charge in [-0.3, -0.25) is 11.3 Å². The van der Waals surface area contributed by atoms with Crippen molar-refractivity contribution < 1.29 is 0 Å². The summed E-state index contributed by atoms with van der Waals surface area (Å²) in [7, 11) is 0. The van der Waals surface area contributed by atoms with Gasteiger partial charge in [0.15, 0.2) is 0 Å². The summed E-state index contributed by atoms with van der Waals surface area (Å²) in [5.74, 6) is 4.98. The van der Waals surface area contributed by atoms with Crippen molar-refractivity contribution in [2.45, 2.75) is 6.92 Å². The minimum absolute atomic E-state index is 0.931. The summed E-state index contributed by atoms with van der Waals surface area (Å²) in [6.45, 7) is 2.00. The Morgan fingerprint density at radius 1 is 1.42 bits per heavy atom. The number of nitrogens with one attached hydrogen (secondary N) is 2. The number of benzene rings is 1. The van der Waals surface area contributed by atoms with Gasteiger partial charge in [-0.15, -0.1) is 0 Å². The summed E-state index contributed by atoms with van der Waals surface area (Å²) in [4.78, 5) is 4.12. The van der Waals surface area contributed by atoms with E-state index in [0.717, 1.165) is 11.3 Å². The van der Waals surface area contributed by atoms with Crippen LogP contribution in [0.5, 0.6) is 0 Å². The first-order valence-corrected chi connectivity index (χ1v) is 3.64. The Morgan fingerprint density at radius 3 is 2.83 bits per heavy atom. The Kier molecular flexibility index (Phi) is 3.25. The van der Waals surface area contributed by atoms with Gasteiger partial charge in [0.25, 0.3) is 0 Å². The third kappa shape index (κ3) is 2.34. The molecule has 0 aliphatic rings. The zero-order valence-electron chi connectivity index (χ0n) is 6.91. The molecule has 12 heavy (non-hydrogen) atoms. The lowest BCUT2D eigenvalue weighted by molar-refractivity contribution is 0.706. The van der Waals surface area contributed by atoms with Crippen LogP contribution >= 0.6 is 0 Å². The predicted octanol–water partition coefficient (Wildman–Crippen LogP) is 0.623. The second-order valence-electron chi connectivity index (χ2n) is 2.33. The topological polar surface area (TPSA) is 62.4 Å². The Balaban J connectivity index is 2.68. The third-order valence-electron chi connectivity index (χ3n) is 1.47. The predicted molar refractivity (Wildman–Crippen MR) is 49.8 cm³/mol. The molecule has 0 unspecified atom stereocenters. The van der Waals surface area contributed by atoms with Crippen molar-refractivity contribution in [1.82, 2.24) is 11.0 Å². The van der Waals surface area contributed by atoms with Gasteiger partial charge in [-0.2, -0.15) is 5.53 Å². The fraction of sp³-hybridized carbons (Fsp3) is 0.125. The maximum Gasteiger partial charge on any atom is 0.104 e. The van der Waals surface area contributed by atoms with Crippen molar-refractivity contribution in [2.24, 2.45) is 10.8 Å². The molecular formula is C8H12N4. The van der Waals surface area contributed by atoms with Gasteiger partial charge in [0.2, 0.25) is 0 Å². The molecule has 64 valence electrons. The van der Waals surface area contributed by atoms with E-state index in [-0.39, 0.29) is 0 Å². The third-order valence-corrected chi connectivity index (χ3v) is 1.47. The summed E-state index contributed by atoms with van der Waals surface area (Å²) in [6, 6.07) is 7.85. The average Bonchev–Trinajstić information content (AvgIpc) is 2.09. The lowest BCUT2D eigenvalue weighted by atomic mass is 10.2. The second kappa shape index (κ2) is 4.48. The normalized spacial score (nSPS) is 10.5. The summed E-state index contributed by atoms with van der Waals surface area (Å²) < 4.78 is 0. The molecular weight excluding hydrogens is 152 g/mol. The van der Waals surface area contributed by atoms with Crippen molar-refractivity contribution in [3.05, 3.63) is 29.8 Å². The fourth-order valence-corrected chi connectivity index (χ4v) is 0.847. The monoisotopic (exact) mass is 164 g/mol. The molecule has 1 aromatic carbocycles. The van der Waals surface area contributed by atoms with E-state index in [0.29, 0.717) is 0 Å². The van der Waals surface area contributed by atoms with E-state index in [2.05, 4.69) is 16.0 Å². The number of aliphatic imine (C=N–C) groups is 1. The van der Waals surface area contributed by atoms with E-state index >= 15 is 0 Å². The molecule has 0 bridgehead atoms. The van der Waals surface area contributed by atoms with Gasteiger partial charge >= 0.3 is 0 Å². The zero-order chi connectivity index (χ0) is 8.81. The molecule has 0 saturated carbocycles. The number of hydrazine groups is 2. The molecule has 4 N–H and O–H groups in total. The van der Waals surface area contributed by atoms with Gasteiger partial charge in [-0.1, -0.05) is 18.2 Å². The fourth-order valence-electron chi connectivity index (χ4n) is 0.847. The van der Waals surface area contributed by atoms with E-state index in [1.807, 2.05) is 31.2 Å². The Labute approximate surface area is 71.4 Å². The minimum atomic E-state index is 0.931. The van der Waals surface area contributed by atoms with Crippen molar-refractivity contribution in [3.8, 4) is 0 Å². The maximum atomic E-state index is 4.98. The quantitative estimate of drug-likeness (QED) is 0.265. The van der Waals surface area contributed by atoms with Crippen LogP contribution < -0.4 is 16.8 Å². The van der Waals surface area contributed by atoms with Crippen LogP contribution in [0.1, 0.15) is 5.56 Å². The molecule has 0 aliphatic carbocycles. The highest BCUT2D eigenvalue weighted by atomic mass is 15.5. The largest absolute Gasteiger partial charge is 0.298 e. The van der Waals surface area contributed by atoms with Crippen molar-refractivity contribution in [2.75, 3.05) is 0 Å². The highest BCUT2D eigenvalue weighted by Gasteiger charge is 1.90. The molecule has 0 aromatic heterocycles. The van der Waals surface area contributed by atoms with Gasteiger partial charge in [0.05, 0.1) is 5.69 Å². The van der Waals surface area contributed by atoms with Crippen molar-refractivity contribution in [1.29, 1.82) is 0 Å². The summed E-state index contributed by atoms with van der Waals surface area (Å²) >= 11 is 0. The summed E-state index contributed by atoms with van der Waals surface area (Å²) in [5, 5.41) is 0. The smallest absolute Gasteiger partial charge is 0.104 e. The van der Waals surface area contributed by atoms with Gasteiger partial charge in [-0.05, 0) is 18.6 Å². The Hall–Kier alpha value is -1.39. The standard InChI is InChI=1S/C8H12N4/c1-7-4-2-3-5-8(7)10-6-11-12-9/h2-6,12H,9H2,1H3,(H,10,11). The minimum Gasteiger partial charge on any atom is -0.298 e. The van der Waals surface area contributed by atoms with Gasteiger partial charge < -0.3 is 0 Å². The molecule has 0 spiro atoms. The van der Waals surface area contributed by atoms with E-state index in [9.17, 15) is 0 Å². The first-order valence-electron chi connectivity index (χ1n) is 3.64. The van der Waals surface area contributed by atoms with Crippen LogP contribution in [0.15, 0.2) is 29.3 Å². The van der Waals surface area contributed by atoms with Gasteiger partial charge in [-0.25, -0.2) is 4.99 Å². The molecule has 0 fully saturated rings. The Bertz CT molecular complexity index is 270. The lowest BCUT2D eigenvalue weighted by Crippen LogP contribution is -2.36. The zero-order valence-corrected chi connectivity index (χ0v) is 6.91. The van der Waals surface area contributed by atoms with Crippen LogP contribution in [-0.4, -0.2) is 6.34 Å². The molecule has 4 heteroatoms. The molecule has 0 radical (unpaired) electrons. The molecule has 0 aliphatic heterocycles. The van der Waals surface area contributed by atoms with Crippen LogP contribution in [0.3, 0.4) is 0 Å². The van der Waals surface area contributed by atoms with E-state index in [1.165, 1.54) is 6.34 Å². The molecule has 4 nitrogen and oxygen atoms in total. The lowest BCUT2D eigenvalue weighted by Gasteiger charge is -1.98. The molecule has 1 aromatic rings. The number of nitrogens with zero attached hydrogens (tertiary/aromatic N) is 1. The molecule has 0 amide bonds. The molecule has 0 saturated heterocycles.